The molecule has 0 bridgehead atoms. The van der Waals surface area contributed by atoms with Crippen LogP contribution in [0.5, 0.6) is 0 Å². The molecule has 0 saturated heterocycles. The topological polar surface area (TPSA) is 24.9 Å². The van der Waals surface area contributed by atoms with Crippen LogP contribution in [-0.2, 0) is 19.4 Å². The molecule has 108 valence electrons. The summed E-state index contributed by atoms with van der Waals surface area (Å²) >= 11 is 3.73. The molecule has 1 fully saturated rings. The van der Waals surface area contributed by atoms with E-state index in [0.717, 1.165) is 25.4 Å². The van der Waals surface area contributed by atoms with Crippen LogP contribution in [0.25, 0.3) is 0 Å². The van der Waals surface area contributed by atoms with Gasteiger partial charge < -0.3 is 5.32 Å². The minimum atomic E-state index is 0.673. The van der Waals surface area contributed by atoms with Crippen LogP contribution in [0, 0.1) is 5.92 Å². The van der Waals surface area contributed by atoms with Gasteiger partial charge in [-0.1, -0.05) is 19.9 Å². The number of hydrogen-bond donors (Lipinski definition) is 1. The fraction of sp³-hybridized carbons (Fsp3) is 0.562. The molecule has 0 radical (unpaired) electrons. The Labute approximate surface area is 129 Å². The summed E-state index contributed by atoms with van der Waals surface area (Å²) in [6.07, 6.45) is 4.79. The molecule has 20 heavy (non-hydrogen) atoms. The zero-order valence-electron chi connectivity index (χ0n) is 12.2. The zero-order chi connectivity index (χ0) is 13.9. The van der Waals surface area contributed by atoms with Crippen molar-refractivity contribution in [3.05, 3.63) is 38.0 Å². The van der Waals surface area contributed by atoms with E-state index in [1.54, 1.807) is 0 Å². The molecule has 0 aromatic carbocycles. The number of thiazole rings is 1. The van der Waals surface area contributed by atoms with Crippen molar-refractivity contribution in [2.24, 2.45) is 5.92 Å². The molecular weight excluding hydrogens is 284 g/mol. The van der Waals surface area contributed by atoms with Crippen molar-refractivity contribution < 1.29 is 0 Å². The Morgan fingerprint density at radius 3 is 2.90 bits per heavy atom. The predicted octanol–water partition coefficient (Wildman–Crippen LogP) is 4.25. The molecule has 0 spiro atoms. The second-order valence-electron chi connectivity index (χ2n) is 5.99. The summed E-state index contributed by atoms with van der Waals surface area (Å²) in [4.78, 5) is 7.78. The van der Waals surface area contributed by atoms with Crippen LogP contribution < -0.4 is 5.32 Å². The second-order valence-corrected chi connectivity index (χ2v) is 8.19. The Morgan fingerprint density at radius 2 is 2.25 bits per heavy atom. The molecular formula is C16H22N2S2. The molecule has 2 aromatic heterocycles. The van der Waals surface area contributed by atoms with Gasteiger partial charge in [0.25, 0.3) is 0 Å². The molecule has 1 saturated carbocycles. The predicted molar refractivity (Wildman–Crippen MR) is 87.6 cm³/mol. The Kier molecular flexibility index (Phi) is 4.54. The van der Waals surface area contributed by atoms with Crippen LogP contribution in [0.1, 0.15) is 47.1 Å². The number of hydrogen-bond acceptors (Lipinski definition) is 4. The highest BCUT2D eigenvalue weighted by Crippen LogP contribution is 2.26. The molecule has 2 heterocycles. The lowest BCUT2D eigenvalue weighted by molar-refractivity contribution is 0.623. The van der Waals surface area contributed by atoms with Crippen LogP contribution in [0.4, 0.5) is 0 Å². The van der Waals surface area contributed by atoms with Gasteiger partial charge in [-0.15, -0.1) is 22.7 Å². The van der Waals surface area contributed by atoms with E-state index in [4.69, 9.17) is 4.98 Å². The van der Waals surface area contributed by atoms with Gasteiger partial charge in [-0.05, 0) is 36.6 Å². The van der Waals surface area contributed by atoms with E-state index < -0.39 is 0 Å². The summed E-state index contributed by atoms with van der Waals surface area (Å²) in [7, 11) is 0. The van der Waals surface area contributed by atoms with Crippen molar-refractivity contribution in [1.82, 2.24) is 10.3 Å². The van der Waals surface area contributed by atoms with Gasteiger partial charge in [-0.2, -0.15) is 0 Å². The number of nitrogens with zero attached hydrogens (tertiary/aromatic N) is 1. The zero-order valence-corrected chi connectivity index (χ0v) is 13.8. The Hall–Kier alpha value is -0.710. The van der Waals surface area contributed by atoms with Gasteiger partial charge in [0.2, 0.25) is 0 Å². The Bertz CT molecular complexity index is 539. The first-order chi connectivity index (χ1) is 9.70. The fourth-order valence-corrected chi connectivity index (χ4v) is 4.15. The Balaban J connectivity index is 1.72. The molecule has 3 rings (SSSR count). The molecule has 1 aliphatic rings. The lowest BCUT2D eigenvalue weighted by Crippen LogP contribution is -2.15. The van der Waals surface area contributed by atoms with E-state index in [9.17, 15) is 0 Å². The first-order valence-corrected chi connectivity index (χ1v) is 9.13. The highest BCUT2D eigenvalue weighted by Gasteiger charge is 2.21. The maximum absolute atomic E-state index is 4.91. The molecule has 0 amide bonds. The maximum Gasteiger partial charge on any atom is 0.0983 e. The van der Waals surface area contributed by atoms with E-state index in [0.29, 0.717) is 5.92 Å². The average molecular weight is 307 g/mol. The van der Waals surface area contributed by atoms with Gasteiger partial charge in [0, 0.05) is 28.8 Å². The molecule has 2 aromatic rings. The first kappa shape index (κ1) is 14.2. The van der Waals surface area contributed by atoms with Gasteiger partial charge in [0.05, 0.1) is 10.7 Å². The van der Waals surface area contributed by atoms with E-state index in [2.05, 4.69) is 36.7 Å². The lowest BCUT2D eigenvalue weighted by Gasteiger charge is -2.05. The molecule has 0 atom stereocenters. The van der Waals surface area contributed by atoms with Crippen LogP contribution in [0.15, 0.2) is 17.5 Å². The van der Waals surface area contributed by atoms with Gasteiger partial charge in [0.15, 0.2) is 0 Å². The smallest absolute Gasteiger partial charge is 0.0983 e. The van der Waals surface area contributed by atoms with E-state index >= 15 is 0 Å². The number of rotatable bonds is 7. The third-order valence-electron chi connectivity index (χ3n) is 3.46. The summed E-state index contributed by atoms with van der Waals surface area (Å²) in [5.41, 5.74) is 1.32. The minimum Gasteiger partial charge on any atom is -0.309 e. The normalized spacial score (nSPS) is 15.2. The number of nitrogens with one attached hydrogen (secondary N) is 1. The van der Waals surface area contributed by atoms with Crippen molar-refractivity contribution in [3.8, 4) is 0 Å². The maximum atomic E-state index is 4.91. The summed E-state index contributed by atoms with van der Waals surface area (Å²) in [6, 6.07) is 5.10. The minimum absolute atomic E-state index is 0.673. The van der Waals surface area contributed by atoms with Crippen molar-refractivity contribution >= 4 is 22.7 Å². The number of thiophene rings is 1. The highest BCUT2D eigenvalue weighted by atomic mass is 32.1. The van der Waals surface area contributed by atoms with Gasteiger partial charge >= 0.3 is 0 Å². The summed E-state index contributed by atoms with van der Waals surface area (Å²) in [5.74, 6) is 0.673. The molecule has 4 heteroatoms. The summed E-state index contributed by atoms with van der Waals surface area (Å²) in [6.45, 7) is 5.56. The lowest BCUT2D eigenvalue weighted by atomic mass is 10.1. The van der Waals surface area contributed by atoms with Crippen molar-refractivity contribution in [2.45, 2.75) is 52.1 Å². The molecule has 1 N–H and O–H groups in total. The van der Waals surface area contributed by atoms with Gasteiger partial charge in [-0.3, -0.25) is 0 Å². The third-order valence-corrected chi connectivity index (χ3v) is 5.43. The van der Waals surface area contributed by atoms with Gasteiger partial charge in [0.1, 0.15) is 0 Å². The van der Waals surface area contributed by atoms with Crippen LogP contribution in [0.2, 0.25) is 0 Å². The monoisotopic (exact) mass is 306 g/mol. The van der Waals surface area contributed by atoms with Crippen molar-refractivity contribution in [1.29, 1.82) is 0 Å². The largest absolute Gasteiger partial charge is 0.309 e. The standard InChI is InChI=1S/C16H22N2S2/c1-11(2)8-14-15(10-17-12-5-6-12)20-16(18-14)9-13-4-3-7-19-13/h3-4,7,11-12,17H,5-6,8-10H2,1-2H3. The van der Waals surface area contributed by atoms with Crippen LogP contribution in [0.3, 0.4) is 0 Å². The van der Waals surface area contributed by atoms with Crippen LogP contribution >= 0.6 is 22.7 Å². The van der Waals surface area contributed by atoms with Crippen molar-refractivity contribution in [2.75, 3.05) is 0 Å². The molecule has 1 aliphatic carbocycles. The van der Waals surface area contributed by atoms with Crippen LogP contribution in [-0.4, -0.2) is 11.0 Å². The quantitative estimate of drug-likeness (QED) is 0.827. The van der Waals surface area contributed by atoms with E-state index in [1.807, 2.05) is 22.7 Å². The third kappa shape index (κ3) is 3.90. The SMILES string of the molecule is CC(C)Cc1nc(Cc2cccs2)sc1CNC1CC1. The second kappa shape index (κ2) is 6.37. The average Bonchev–Trinajstić information content (AvgIpc) is 2.95. The van der Waals surface area contributed by atoms with E-state index in [1.165, 1.54) is 33.3 Å². The number of aromatic nitrogens is 1. The highest BCUT2D eigenvalue weighted by molar-refractivity contribution is 7.12. The molecule has 0 aliphatic heterocycles. The van der Waals surface area contributed by atoms with E-state index in [-0.39, 0.29) is 0 Å². The summed E-state index contributed by atoms with van der Waals surface area (Å²) in [5, 5.41) is 7.05. The first-order valence-electron chi connectivity index (χ1n) is 7.44. The molecule has 0 unspecified atom stereocenters. The van der Waals surface area contributed by atoms with Crippen molar-refractivity contribution in [3.63, 3.8) is 0 Å². The fourth-order valence-electron chi connectivity index (χ4n) is 2.28. The molecule has 2 nitrogen and oxygen atoms in total. The summed E-state index contributed by atoms with van der Waals surface area (Å²) < 4.78 is 0. The van der Waals surface area contributed by atoms with Gasteiger partial charge in [-0.25, -0.2) is 4.98 Å². The Morgan fingerprint density at radius 1 is 1.40 bits per heavy atom.